The monoisotopic (exact) mass is 100 g/mol. The van der Waals surface area contributed by atoms with E-state index in [1.165, 1.54) is 0 Å². The smallest absolute Gasteiger partial charge is 0.230 e. The van der Waals surface area contributed by atoms with Crippen LogP contribution in [0, 0.1) is 11.3 Å². The van der Waals surface area contributed by atoms with Gasteiger partial charge in [-0.05, 0) is 0 Å². The zero-order valence-corrected chi connectivity index (χ0v) is 3.55. The maximum atomic E-state index is 9.33. The SMILES string of the molecule is N#CCONC=O. The highest BCUT2D eigenvalue weighted by molar-refractivity contribution is 5.43. The quantitative estimate of drug-likeness (QED) is 0.286. The maximum absolute atomic E-state index is 9.33. The molecule has 0 aliphatic rings. The van der Waals surface area contributed by atoms with Crippen LogP contribution in [-0.2, 0) is 9.63 Å². The second-order valence-electron chi connectivity index (χ2n) is 0.682. The summed E-state index contributed by atoms with van der Waals surface area (Å²) in [5, 5.41) is 7.76. The van der Waals surface area contributed by atoms with Crippen molar-refractivity contribution in [1.29, 1.82) is 5.26 Å². The summed E-state index contributed by atoms with van der Waals surface area (Å²) in [6, 6.07) is 1.66. The van der Waals surface area contributed by atoms with E-state index in [1.54, 1.807) is 6.07 Å². The lowest BCUT2D eigenvalue weighted by Crippen LogP contribution is -2.10. The first-order chi connectivity index (χ1) is 3.41. The van der Waals surface area contributed by atoms with Crippen LogP contribution >= 0.6 is 0 Å². The van der Waals surface area contributed by atoms with Crippen LogP contribution in [0.25, 0.3) is 0 Å². The van der Waals surface area contributed by atoms with E-state index in [9.17, 15) is 4.79 Å². The molecule has 0 saturated heterocycles. The van der Waals surface area contributed by atoms with E-state index in [4.69, 9.17) is 5.26 Å². The lowest BCUT2D eigenvalue weighted by molar-refractivity contribution is -0.119. The second-order valence-corrected chi connectivity index (χ2v) is 0.682. The third-order valence-electron chi connectivity index (χ3n) is 0.268. The molecule has 1 N–H and O–H groups in total. The summed E-state index contributed by atoms with van der Waals surface area (Å²) in [5.74, 6) is 0. The van der Waals surface area contributed by atoms with Gasteiger partial charge in [0.15, 0.2) is 6.61 Å². The fourth-order valence-electron chi connectivity index (χ4n) is 0.108. The number of nitrogens with zero attached hydrogens (tertiary/aromatic N) is 1. The Bertz CT molecular complexity index is 85.4. The summed E-state index contributed by atoms with van der Waals surface area (Å²) in [6.45, 7) is -0.112. The fourth-order valence-corrected chi connectivity index (χ4v) is 0.108. The predicted octanol–water partition coefficient (Wildman–Crippen LogP) is -0.812. The number of hydrogen-bond acceptors (Lipinski definition) is 3. The van der Waals surface area contributed by atoms with E-state index in [-0.39, 0.29) is 6.61 Å². The highest BCUT2D eigenvalue weighted by Gasteiger charge is 1.73. The molecule has 0 aliphatic carbocycles. The van der Waals surface area contributed by atoms with Gasteiger partial charge in [-0.2, -0.15) is 5.26 Å². The van der Waals surface area contributed by atoms with E-state index in [0.717, 1.165) is 0 Å². The van der Waals surface area contributed by atoms with Gasteiger partial charge in [0.1, 0.15) is 0 Å². The van der Waals surface area contributed by atoms with Crippen molar-refractivity contribution in [2.75, 3.05) is 6.61 Å². The average Bonchev–Trinajstić information content (AvgIpc) is 1.69. The molecule has 0 bridgehead atoms. The standard InChI is InChI=1S/C3H4N2O2/c4-1-2-7-5-3-6/h3H,2H2,(H,5,6). The first-order valence-electron chi connectivity index (χ1n) is 1.59. The molecule has 0 radical (unpaired) electrons. The lowest BCUT2D eigenvalue weighted by Gasteiger charge is -1.87. The summed E-state index contributed by atoms with van der Waals surface area (Å²) < 4.78 is 0. The van der Waals surface area contributed by atoms with Gasteiger partial charge in [0, 0.05) is 0 Å². The van der Waals surface area contributed by atoms with Crippen LogP contribution in [0.15, 0.2) is 0 Å². The van der Waals surface area contributed by atoms with Gasteiger partial charge in [-0.15, -0.1) is 0 Å². The molecule has 4 nitrogen and oxygen atoms in total. The number of amides is 1. The van der Waals surface area contributed by atoms with Gasteiger partial charge in [0.05, 0.1) is 6.07 Å². The number of rotatable bonds is 3. The minimum absolute atomic E-state index is 0.112. The molecule has 0 aromatic rings. The van der Waals surface area contributed by atoms with Crippen molar-refractivity contribution >= 4 is 6.41 Å². The van der Waals surface area contributed by atoms with Gasteiger partial charge in [0.2, 0.25) is 6.41 Å². The van der Waals surface area contributed by atoms with Crippen LogP contribution in [0.2, 0.25) is 0 Å². The zero-order valence-electron chi connectivity index (χ0n) is 3.55. The van der Waals surface area contributed by atoms with Gasteiger partial charge >= 0.3 is 0 Å². The Hall–Kier alpha value is -1.08. The van der Waals surface area contributed by atoms with Crippen molar-refractivity contribution < 1.29 is 9.63 Å². The third-order valence-corrected chi connectivity index (χ3v) is 0.268. The van der Waals surface area contributed by atoms with Crippen molar-refractivity contribution in [3.8, 4) is 6.07 Å². The van der Waals surface area contributed by atoms with E-state index in [1.807, 2.05) is 5.48 Å². The average molecular weight is 100 g/mol. The van der Waals surface area contributed by atoms with Crippen molar-refractivity contribution in [1.82, 2.24) is 5.48 Å². The number of nitrogens with one attached hydrogen (secondary N) is 1. The van der Waals surface area contributed by atoms with E-state index < -0.39 is 0 Å². The van der Waals surface area contributed by atoms with Crippen LogP contribution in [0.4, 0.5) is 0 Å². The van der Waals surface area contributed by atoms with Gasteiger partial charge in [-0.3, -0.25) is 9.63 Å². The Morgan fingerprint density at radius 3 is 3.14 bits per heavy atom. The molecule has 0 aromatic heterocycles. The molecule has 7 heavy (non-hydrogen) atoms. The summed E-state index contributed by atoms with van der Waals surface area (Å²) in [4.78, 5) is 13.5. The normalized spacial score (nSPS) is 6.71. The van der Waals surface area contributed by atoms with Crippen LogP contribution < -0.4 is 5.48 Å². The van der Waals surface area contributed by atoms with E-state index in [2.05, 4.69) is 4.84 Å². The molecule has 0 fully saturated rings. The third kappa shape index (κ3) is 4.92. The molecule has 0 unspecified atom stereocenters. The Morgan fingerprint density at radius 1 is 2.00 bits per heavy atom. The van der Waals surface area contributed by atoms with Crippen molar-refractivity contribution in [3.63, 3.8) is 0 Å². The molecule has 4 heteroatoms. The maximum Gasteiger partial charge on any atom is 0.230 e. The number of nitriles is 1. The van der Waals surface area contributed by atoms with Gasteiger partial charge < -0.3 is 0 Å². The van der Waals surface area contributed by atoms with E-state index in [0.29, 0.717) is 6.41 Å². The number of carbonyl (C=O) groups excluding carboxylic acids is 1. The molecule has 0 rings (SSSR count). The van der Waals surface area contributed by atoms with Gasteiger partial charge in [0.25, 0.3) is 0 Å². The highest BCUT2D eigenvalue weighted by Crippen LogP contribution is 1.55. The highest BCUT2D eigenvalue weighted by atomic mass is 16.6. The molecular weight excluding hydrogens is 96.0 g/mol. The van der Waals surface area contributed by atoms with Crippen LogP contribution in [0.5, 0.6) is 0 Å². The summed E-state index contributed by atoms with van der Waals surface area (Å²) in [7, 11) is 0. The molecule has 0 heterocycles. The zero-order chi connectivity index (χ0) is 5.54. The predicted molar refractivity (Wildman–Crippen MR) is 20.8 cm³/mol. The largest absolute Gasteiger partial charge is 0.277 e. The van der Waals surface area contributed by atoms with Gasteiger partial charge in [-0.25, -0.2) is 5.48 Å². The minimum atomic E-state index is -0.112. The molecule has 1 amide bonds. The number of hydroxylamine groups is 1. The first-order valence-corrected chi connectivity index (χ1v) is 1.59. The van der Waals surface area contributed by atoms with Crippen molar-refractivity contribution in [3.05, 3.63) is 0 Å². The molecule has 38 valence electrons. The summed E-state index contributed by atoms with van der Waals surface area (Å²) in [6.07, 6.45) is 0.358. The first kappa shape index (κ1) is 5.92. The van der Waals surface area contributed by atoms with Crippen LogP contribution in [0.1, 0.15) is 0 Å². The Labute approximate surface area is 40.6 Å². The lowest BCUT2D eigenvalue weighted by atomic mass is 10.9. The summed E-state index contributed by atoms with van der Waals surface area (Å²) >= 11 is 0. The van der Waals surface area contributed by atoms with E-state index >= 15 is 0 Å². The summed E-state index contributed by atoms with van der Waals surface area (Å²) in [5.41, 5.74) is 1.85. The van der Waals surface area contributed by atoms with Crippen LogP contribution in [0.3, 0.4) is 0 Å². The van der Waals surface area contributed by atoms with Crippen molar-refractivity contribution in [2.24, 2.45) is 0 Å². The number of hydrogen-bond donors (Lipinski definition) is 1. The number of carbonyl (C=O) groups is 1. The minimum Gasteiger partial charge on any atom is -0.277 e. The molecule has 0 atom stereocenters. The Balaban J connectivity index is 2.72. The fraction of sp³-hybridized carbons (Fsp3) is 0.333. The van der Waals surface area contributed by atoms with Crippen LogP contribution in [-0.4, -0.2) is 13.0 Å². The molecule has 0 saturated carbocycles. The Kier molecular flexibility index (Phi) is 4.16. The van der Waals surface area contributed by atoms with Crippen molar-refractivity contribution in [2.45, 2.75) is 0 Å². The molecule has 0 aromatic carbocycles. The molecule has 0 spiro atoms. The van der Waals surface area contributed by atoms with Gasteiger partial charge in [-0.1, -0.05) is 0 Å². The Morgan fingerprint density at radius 2 is 2.71 bits per heavy atom. The second kappa shape index (κ2) is 4.92. The molecular formula is C3H4N2O2. The topological polar surface area (TPSA) is 62.1 Å². The molecule has 0 aliphatic heterocycles.